The van der Waals surface area contributed by atoms with Gasteiger partial charge >= 0.3 is 5.97 Å². The second kappa shape index (κ2) is 6.57. The Kier molecular flexibility index (Phi) is 6.13. The summed E-state index contributed by atoms with van der Waals surface area (Å²) in [5, 5.41) is 11.0. The summed E-state index contributed by atoms with van der Waals surface area (Å²) >= 11 is 0. The van der Waals surface area contributed by atoms with Crippen molar-refractivity contribution in [3.63, 3.8) is 0 Å². The van der Waals surface area contributed by atoms with Crippen LogP contribution in [0.3, 0.4) is 0 Å². The summed E-state index contributed by atoms with van der Waals surface area (Å²) in [7, 11) is -0.335. The third-order valence-corrected chi connectivity index (χ3v) is 4.94. The molecule has 0 aromatic rings. The molecular weight excluding hydrogens is 245 g/mol. The molecule has 0 heterocycles. The summed E-state index contributed by atoms with van der Waals surface area (Å²) in [6.45, 7) is 2.95. The molecule has 0 radical (unpaired) electrons. The minimum absolute atomic E-state index is 0.316. The molecule has 0 aromatic carbocycles. The van der Waals surface area contributed by atoms with Gasteiger partial charge in [0.2, 0.25) is 13.3 Å². The lowest BCUT2D eigenvalue weighted by Gasteiger charge is -2.24. The fraction of sp³-hybridized carbons (Fsp3) is 0.600. The van der Waals surface area contributed by atoms with Crippen molar-refractivity contribution in [3.05, 3.63) is 12.2 Å². The van der Waals surface area contributed by atoms with Gasteiger partial charge in [0.05, 0.1) is 11.6 Å². The van der Waals surface area contributed by atoms with E-state index in [-0.39, 0.29) is 5.91 Å². The molecule has 2 N–H and O–H groups in total. The molecule has 0 aliphatic rings. The van der Waals surface area contributed by atoms with Crippen LogP contribution in [0, 0.1) is 5.92 Å². The van der Waals surface area contributed by atoms with Crippen molar-refractivity contribution in [2.45, 2.75) is 12.6 Å². The van der Waals surface area contributed by atoms with Crippen molar-refractivity contribution in [2.75, 3.05) is 20.8 Å². The Morgan fingerprint density at radius 3 is 2.35 bits per heavy atom. The van der Waals surface area contributed by atoms with Gasteiger partial charge in [-0.3, -0.25) is 9.36 Å². The predicted octanol–water partition coefficient (Wildman–Crippen LogP) is 0.932. The van der Waals surface area contributed by atoms with Crippen LogP contribution in [0.15, 0.2) is 12.2 Å². The molecule has 17 heavy (non-hydrogen) atoms. The summed E-state index contributed by atoms with van der Waals surface area (Å²) < 4.78 is 17.0. The first-order valence-electron chi connectivity index (χ1n) is 5.02. The van der Waals surface area contributed by atoms with Gasteiger partial charge in [0, 0.05) is 26.9 Å². The van der Waals surface area contributed by atoms with Gasteiger partial charge in [-0.05, 0) is 0 Å². The first-order valence-corrected chi connectivity index (χ1v) is 7.16. The summed E-state index contributed by atoms with van der Waals surface area (Å²) in [6, 6.07) is 0. The fourth-order valence-corrected chi connectivity index (χ4v) is 3.00. The maximum absolute atomic E-state index is 12.1. The lowest BCUT2D eigenvalue weighted by atomic mass is 10.1. The molecule has 3 atom stereocenters. The maximum Gasteiger partial charge on any atom is 0.328 e. The summed E-state index contributed by atoms with van der Waals surface area (Å²) in [4.78, 5) is 22.0. The molecular formula is C10H18NO5P. The van der Waals surface area contributed by atoms with E-state index in [9.17, 15) is 14.2 Å². The SMILES string of the molecule is CNC(=O)C(C)C(C=CC(=O)O)P(C)(=O)OC. The molecule has 7 heteroatoms. The minimum Gasteiger partial charge on any atom is -0.478 e. The second-order valence-electron chi connectivity index (χ2n) is 3.68. The zero-order valence-electron chi connectivity index (χ0n) is 10.3. The number of allylic oxidation sites excluding steroid dienone is 1. The number of hydrogen-bond acceptors (Lipinski definition) is 4. The van der Waals surface area contributed by atoms with Gasteiger partial charge in [-0.25, -0.2) is 4.79 Å². The first-order chi connectivity index (χ1) is 7.76. The van der Waals surface area contributed by atoms with Crippen LogP contribution in [0.5, 0.6) is 0 Å². The maximum atomic E-state index is 12.1. The molecule has 6 nitrogen and oxygen atoms in total. The Labute approximate surface area is 100 Å². The Bertz CT molecular complexity index is 366. The van der Waals surface area contributed by atoms with Crippen molar-refractivity contribution in [1.82, 2.24) is 5.32 Å². The monoisotopic (exact) mass is 263 g/mol. The Morgan fingerprint density at radius 2 is 2.00 bits per heavy atom. The molecule has 1 amide bonds. The van der Waals surface area contributed by atoms with Gasteiger partial charge in [-0.1, -0.05) is 13.0 Å². The Morgan fingerprint density at radius 1 is 1.47 bits per heavy atom. The number of amides is 1. The Balaban J connectivity index is 5.19. The number of nitrogens with one attached hydrogen (secondary N) is 1. The summed E-state index contributed by atoms with van der Waals surface area (Å²) in [5.74, 6) is -2.11. The highest BCUT2D eigenvalue weighted by Crippen LogP contribution is 2.50. The average molecular weight is 263 g/mol. The zero-order chi connectivity index (χ0) is 13.6. The van der Waals surface area contributed by atoms with E-state index >= 15 is 0 Å². The third kappa shape index (κ3) is 4.71. The molecule has 98 valence electrons. The fourth-order valence-electron chi connectivity index (χ4n) is 1.41. The smallest absolute Gasteiger partial charge is 0.328 e. The van der Waals surface area contributed by atoms with Gasteiger partial charge in [-0.2, -0.15) is 0 Å². The topological polar surface area (TPSA) is 92.7 Å². The van der Waals surface area contributed by atoms with Crippen molar-refractivity contribution in [2.24, 2.45) is 5.92 Å². The molecule has 0 aromatic heterocycles. The molecule has 3 unspecified atom stereocenters. The minimum atomic E-state index is -3.07. The van der Waals surface area contributed by atoms with Crippen LogP contribution < -0.4 is 5.32 Å². The molecule has 0 saturated carbocycles. The van der Waals surface area contributed by atoms with Crippen LogP contribution in [-0.4, -0.2) is 43.5 Å². The van der Waals surface area contributed by atoms with Crippen LogP contribution in [0.1, 0.15) is 6.92 Å². The van der Waals surface area contributed by atoms with E-state index in [0.717, 1.165) is 6.08 Å². The van der Waals surface area contributed by atoms with Crippen LogP contribution in [0.2, 0.25) is 0 Å². The normalized spacial score (nSPS) is 18.4. The van der Waals surface area contributed by atoms with Crippen LogP contribution in [0.4, 0.5) is 0 Å². The lowest BCUT2D eigenvalue weighted by molar-refractivity contribution is -0.131. The molecule has 0 rings (SSSR count). The highest BCUT2D eigenvalue weighted by atomic mass is 31.2. The van der Waals surface area contributed by atoms with Crippen molar-refractivity contribution >= 4 is 19.2 Å². The van der Waals surface area contributed by atoms with E-state index in [0.29, 0.717) is 0 Å². The molecule has 0 fully saturated rings. The first kappa shape index (κ1) is 15.9. The zero-order valence-corrected chi connectivity index (χ0v) is 11.2. The third-order valence-electron chi connectivity index (χ3n) is 2.51. The summed E-state index contributed by atoms with van der Waals surface area (Å²) in [6.07, 6.45) is 2.12. The number of aliphatic carboxylic acids is 1. The Hall–Kier alpha value is -1.13. The van der Waals surface area contributed by atoms with E-state index in [4.69, 9.17) is 9.63 Å². The molecule has 0 saturated heterocycles. The quantitative estimate of drug-likeness (QED) is 0.549. The van der Waals surface area contributed by atoms with Crippen LogP contribution in [0.25, 0.3) is 0 Å². The number of carbonyl (C=O) groups excluding carboxylic acids is 1. The molecule has 0 aliphatic carbocycles. The van der Waals surface area contributed by atoms with E-state index in [1.807, 2.05) is 0 Å². The van der Waals surface area contributed by atoms with Crippen molar-refractivity contribution < 1.29 is 23.8 Å². The predicted molar refractivity (Wildman–Crippen MR) is 64.3 cm³/mol. The lowest BCUT2D eigenvalue weighted by Crippen LogP contribution is -2.33. The van der Waals surface area contributed by atoms with Gasteiger partial charge < -0.3 is 14.9 Å². The van der Waals surface area contributed by atoms with Crippen LogP contribution >= 0.6 is 7.37 Å². The number of carboxylic acids is 1. The van der Waals surface area contributed by atoms with E-state index < -0.39 is 24.9 Å². The van der Waals surface area contributed by atoms with Gasteiger partial charge in [0.25, 0.3) is 0 Å². The van der Waals surface area contributed by atoms with E-state index in [1.165, 1.54) is 26.9 Å². The van der Waals surface area contributed by atoms with E-state index in [1.54, 1.807) is 6.92 Å². The molecule has 0 spiro atoms. The standard InChI is InChI=1S/C10H18NO5P/c1-7(10(14)11-2)8(5-6-9(12)13)17(4,15)16-3/h5-8H,1-4H3,(H,11,14)(H,12,13). The summed E-state index contributed by atoms with van der Waals surface area (Å²) in [5.41, 5.74) is -0.761. The highest BCUT2D eigenvalue weighted by Gasteiger charge is 2.34. The molecule has 0 bridgehead atoms. The number of carbonyl (C=O) groups is 2. The highest BCUT2D eigenvalue weighted by molar-refractivity contribution is 7.59. The van der Waals surface area contributed by atoms with Crippen LogP contribution in [-0.2, 0) is 18.7 Å². The van der Waals surface area contributed by atoms with Gasteiger partial charge in [0.15, 0.2) is 0 Å². The largest absolute Gasteiger partial charge is 0.478 e. The van der Waals surface area contributed by atoms with Gasteiger partial charge in [0.1, 0.15) is 0 Å². The van der Waals surface area contributed by atoms with E-state index in [2.05, 4.69) is 5.32 Å². The second-order valence-corrected chi connectivity index (χ2v) is 6.46. The van der Waals surface area contributed by atoms with Crippen molar-refractivity contribution in [1.29, 1.82) is 0 Å². The number of hydrogen-bond donors (Lipinski definition) is 2. The van der Waals surface area contributed by atoms with Gasteiger partial charge in [-0.15, -0.1) is 0 Å². The van der Waals surface area contributed by atoms with Crippen molar-refractivity contribution in [3.8, 4) is 0 Å². The number of rotatable bonds is 6. The number of carboxylic acid groups (broad SMARTS) is 1. The average Bonchev–Trinajstić information content (AvgIpc) is 2.27. The molecule has 0 aliphatic heterocycles.